The number of hydrogen-bond donors (Lipinski definition) is 1. The van der Waals surface area contributed by atoms with Crippen LogP contribution in [0.25, 0.3) is 11.0 Å². The lowest BCUT2D eigenvalue weighted by Gasteiger charge is -2.19. The highest BCUT2D eigenvalue weighted by Crippen LogP contribution is 2.26. The van der Waals surface area contributed by atoms with Gasteiger partial charge in [0, 0.05) is 17.6 Å². The zero-order valence-electron chi connectivity index (χ0n) is 16.8. The van der Waals surface area contributed by atoms with E-state index >= 15 is 0 Å². The molecule has 3 aromatic carbocycles. The molecule has 1 atom stereocenters. The summed E-state index contributed by atoms with van der Waals surface area (Å²) in [4.78, 5) is 17.6. The van der Waals surface area contributed by atoms with E-state index in [1.54, 1.807) is 18.2 Å². The van der Waals surface area contributed by atoms with Gasteiger partial charge in [-0.3, -0.25) is 4.79 Å². The predicted octanol–water partition coefficient (Wildman–Crippen LogP) is 4.82. The summed E-state index contributed by atoms with van der Waals surface area (Å²) in [6.07, 6.45) is 0. The Morgan fingerprint density at radius 1 is 1.07 bits per heavy atom. The zero-order valence-corrected chi connectivity index (χ0v) is 17.6. The highest BCUT2D eigenvalue weighted by molar-refractivity contribution is 6.31. The van der Waals surface area contributed by atoms with E-state index in [1.807, 2.05) is 73.1 Å². The largest absolute Gasteiger partial charge is 0.483 e. The Morgan fingerprint density at radius 3 is 2.57 bits per heavy atom. The molecule has 0 saturated carbocycles. The molecular formula is C24H22ClN3O2. The number of aromatic nitrogens is 2. The predicted molar refractivity (Wildman–Crippen MR) is 119 cm³/mol. The van der Waals surface area contributed by atoms with Gasteiger partial charge in [-0.1, -0.05) is 60.1 Å². The fourth-order valence-corrected chi connectivity index (χ4v) is 3.62. The maximum Gasteiger partial charge on any atom is 0.258 e. The molecule has 0 radical (unpaired) electrons. The van der Waals surface area contributed by atoms with Gasteiger partial charge in [0.15, 0.2) is 6.61 Å². The lowest BCUT2D eigenvalue weighted by Crippen LogP contribution is -2.34. The van der Waals surface area contributed by atoms with Crippen LogP contribution in [-0.4, -0.2) is 22.1 Å². The van der Waals surface area contributed by atoms with Crippen LogP contribution in [0, 0.1) is 6.92 Å². The summed E-state index contributed by atoms with van der Waals surface area (Å²) >= 11 is 6.14. The van der Waals surface area contributed by atoms with Crippen molar-refractivity contribution in [2.24, 2.45) is 7.05 Å². The van der Waals surface area contributed by atoms with Crippen LogP contribution < -0.4 is 10.1 Å². The third kappa shape index (κ3) is 4.02. The Bertz CT molecular complexity index is 1190. The Morgan fingerprint density at radius 2 is 1.80 bits per heavy atom. The number of fused-ring (bicyclic) bond motifs is 1. The van der Waals surface area contributed by atoms with Crippen LogP contribution >= 0.6 is 11.6 Å². The van der Waals surface area contributed by atoms with E-state index in [2.05, 4.69) is 5.32 Å². The van der Waals surface area contributed by atoms with Gasteiger partial charge in [0.1, 0.15) is 17.6 Å². The molecule has 0 bridgehead atoms. The Balaban J connectivity index is 1.60. The molecule has 0 fully saturated rings. The minimum atomic E-state index is -0.403. The molecule has 0 aliphatic heterocycles. The van der Waals surface area contributed by atoms with Crippen molar-refractivity contribution < 1.29 is 9.53 Å². The summed E-state index contributed by atoms with van der Waals surface area (Å²) in [5.41, 5.74) is 3.65. The summed E-state index contributed by atoms with van der Waals surface area (Å²) in [6, 6.07) is 22.7. The minimum absolute atomic E-state index is 0.117. The number of carbonyl (C=O) groups excluding carboxylic acids is 1. The second-order valence-electron chi connectivity index (χ2n) is 7.08. The van der Waals surface area contributed by atoms with Gasteiger partial charge in [-0.15, -0.1) is 0 Å². The van der Waals surface area contributed by atoms with Crippen LogP contribution in [0.1, 0.15) is 23.0 Å². The highest BCUT2D eigenvalue weighted by Gasteiger charge is 2.23. The fourth-order valence-electron chi connectivity index (χ4n) is 3.45. The van der Waals surface area contributed by atoms with Crippen LogP contribution in [0.2, 0.25) is 5.02 Å². The first-order valence-electron chi connectivity index (χ1n) is 9.68. The molecule has 1 amide bonds. The number of rotatable bonds is 6. The number of aryl methyl sites for hydroxylation is 1. The summed E-state index contributed by atoms with van der Waals surface area (Å²) in [5.74, 6) is 1.11. The smallest absolute Gasteiger partial charge is 0.258 e. The molecule has 152 valence electrons. The fraction of sp³-hybridized carbons (Fsp3) is 0.167. The van der Waals surface area contributed by atoms with E-state index in [0.29, 0.717) is 10.8 Å². The highest BCUT2D eigenvalue weighted by atomic mass is 35.5. The van der Waals surface area contributed by atoms with Crippen LogP contribution in [-0.2, 0) is 11.8 Å². The van der Waals surface area contributed by atoms with Gasteiger partial charge in [-0.05, 0) is 36.8 Å². The number of ether oxygens (including phenoxy) is 1. The van der Waals surface area contributed by atoms with Crippen molar-refractivity contribution in [1.82, 2.24) is 14.9 Å². The Labute approximate surface area is 180 Å². The maximum atomic E-state index is 12.8. The molecule has 6 heteroatoms. The lowest BCUT2D eigenvalue weighted by molar-refractivity contribution is -0.123. The Hall–Kier alpha value is -3.31. The number of nitrogens with zero attached hydrogens (tertiary/aromatic N) is 2. The number of imidazole rings is 1. The molecule has 1 N–H and O–H groups in total. The molecule has 5 nitrogen and oxygen atoms in total. The van der Waals surface area contributed by atoms with Gasteiger partial charge in [0.2, 0.25) is 0 Å². The number of nitrogens with one attached hydrogen (secondary N) is 1. The van der Waals surface area contributed by atoms with E-state index in [0.717, 1.165) is 28.0 Å². The maximum absolute atomic E-state index is 12.8. The third-order valence-electron chi connectivity index (χ3n) is 5.09. The SMILES string of the molecule is Cc1c(Cl)cccc1OCC(=O)NC(c1ccccc1)c1nc2ccccc2n1C. The second-order valence-corrected chi connectivity index (χ2v) is 7.49. The third-order valence-corrected chi connectivity index (χ3v) is 5.50. The molecule has 0 aliphatic carbocycles. The van der Waals surface area contributed by atoms with Gasteiger partial charge >= 0.3 is 0 Å². The van der Waals surface area contributed by atoms with E-state index in [1.165, 1.54) is 0 Å². The van der Waals surface area contributed by atoms with Crippen molar-refractivity contribution in [2.75, 3.05) is 6.61 Å². The van der Waals surface area contributed by atoms with Gasteiger partial charge < -0.3 is 14.6 Å². The van der Waals surface area contributed by atoms with E-state index in [4.69, 9.17) is 21.3 Å². The summed E-state index contributed by atoms with van der Waals surface area (Å²) in [5, 5.41) is 3.68. The first kappa shape index (κ1) is 20.0. The van der Waals surface area contributed by atoms with E-state index < -0.39 is 6.04 Å². The summed E-state index contributed by atoms with van der Waals surface area (Å²) in [7, 11) is 1.96. The van der Waals surface area contributed by atoms with Crippen LogP contribution in [0.15, 0.2) is 72.8 Å². The molecule has 0 spiro atoms. The summed E-state index contributed by atoms with van der Waals surface area (Å²) < 4.78 is 7.73. The van der Waals surface area contributed by atoms with Crippen molar-refractivity contribution in [3.63, 3.8) is 0 Å². The normalized spacial score (nSPS) is 12.0. The van der Waals surface area contributed by atoms with Gasteiger partial charge in [-0.2, -0.15) is 0 Å². The van der Waals surface area contributed by atoms with E-state index in [-0.39, 0.29) is 12.5 Å². The van der Waals surface area contributed by atoms with Crippen molar-refractivity contribution in [2.45, 2.75) is 13.0 Å². The number of hydrogen-bond acceptors (Lipinski definition) is 3. The molecular weight excluding hydrogens is 398 g/mol. The number of amides is 1. The first-order valence-corrected chi connectivity index (χ1v) is 10.1. The molecule has 1 unspecified atom stereocenters. The molecule has 4 rings (SSSR count). The topological polar surface area (TPSA) is 56.1 Å². The Kier molecular flexibility index (Phi) is 5.72. The summed E-state index contributed by atoms with van der Waals surface area (Å²) in [6.45, 7) is 1.75. The zero-order chi connectivity index (χ0) is 21.1. The number of para-hydroxylation sites is 2. The lowest BCUT2D eigenvalue weighted by atomic mass is 10.1. The van der Waals surface area contributed by atoms with Gasteiger partial charge in [0.05, 0.1) is 11.0 Å². The molecule has 4 aromatic rings. The number of carbonyl (C=O) groups is 1. The monoisotopic (exact) mass is 419 g/mol. The van der Waals surface area contributed by atoms with Crippen molar-refractivity contribution in [3.05, 3.63) is 94.8 Å². The number of halogens is 1. The number of benzene rings is 3. The van der Waals surface area contributed by atoms with Gasteiger partial charge in [-0.25, -0.2) is 4.98 Å². The molecule has 0 aliphatic rings. The average molecular weight is 420 g/mol. The van der Waals surface area contributed by atoms with Crippen molar-refractivity contribution >= 4 is 28.5 Å². The molecule has 0 saturated heterocycles. The van der Waals surface area contributed by atoms with Crippen molar-refractivity contribution in [1.29, 1.82) is 0 Å². The quantitative estimate of drug-likeness (QED) is 0.487. The van der Waals surface area contributed by atoms with Gasteiger partial charge in [0.25, 0.3) is 5.91 Å². The van der Waals surface area contributed by atoms with Crippen LogP contribution in [0.3, 0.4) is 0 Å². The molecule has 30 heavy (non-hydrogen) atoms. The second kappa shape index (κ2) is 8.59. The standard InChI is InChI=1S/C24H22ClN3O2/c1-16-18(25)11-8-14-21(16)30-15-22(29)27-23(17-9-4-3-5-10-17)24-26-19-12-6-7-13-20(19)28(24)2/h3-14,23H,15H2,1-2H3,(H,27,29). The van der Waals surface area contributed by atoms with E-state index in [9.17, 15) is 4.79 Å². The van der Waals surface area contributed by atoms with Crippen LogP contribution in [0.5, 0.6) is 5.75 Å². The van der Waals surface area contributed by atoms with Crippen LogP contribution in [0.4, 0.5) is 0 Å². The molecule has 1 heterocycles. The minimum Gasteiger partial charge on any atom is -0.483 e. The molecule has 1 aromatic heterocycles. The average Bonchev–Trinajstić information content (AvgIpc) is 3.10. The first-order chi connectivity index (χ1) is 14.5. The van der Waals surface area contributed by atoms with Crippen molar-refractivity contribution in [3.8, 4) is 5.75 Å².